The van der Waals surface area contributed by atoms with Crippen LogP contribution in [0.2, 0.25) is 0 Å². The van der Waals surface area contributed by atoms with Crippen molar-refractivity contribution in [3.63, 3.8) is 0 Å². The molecule has 0 aliphatic rings. The predicted molar refractivity (Wildman–Crippen MR) is 97.0 cm³/mol. The highest BCUT2D eigenvalue weighted by Crippen LogP contribution is 2.22. The van der Waals surface area contributed by atoms with Gasteiger partial charge in [0.1, 0.15) is 11.4 Å². The molecule has 1 heterocycles. The summed E-state index contributed by atoms with van der Waals surface area (Å²) < 4.78 is 8.52. The number of nitrogens with one attached hydrogen (secondary N) is 1. The van der Waals surface area contributed by atoms with Gasteiger partial charge in [0, 0.05) is 6.92 Å². The average Bonchev–Trinajstić information content (AvgIpc) is 2.87. The van der Waals surface area contributed by atoms with Gasteiger partial charge in [-0.15, -0.1) is 0 Å². The molecule has 1 aromatic heterocycles. The number of ether oxygens (including phenoxy) is 1. The predicted octanol–water partition coefficient (Wildman–Crippen LogP) is 2.90. The van der Waals surface area contributed by atoms with E-state index in [1.54, 1.807) is 23.4 Å². The molecule has 1 amide bonds. The summed E-state index contributed by atoms with van der Waals surface area (Å²) in [7, 11) is 1.60. The first-order chi connectivity index (χ1) is 12.0. The van der Waals surface area contributed by atoms with Gasteiger partial charge in [0.2, 0.25) is 5.91 Å². The zero-order valence-electron chi connectivity index (χ0n) is 14.3. The van der Waals surface area contributed by atoms with Crippen LogP contribution in [0.5, 0.6) is 5.75 Å². The van der Waals surface area contributed by atoms with Gasteiger partial charge >= 0.3 is 0 Å². The van der Waals surface area contributed by atoms with E-state index in [2.05, 4.69) is 5.32 Å². The van der Waals surface area contributed by atoms with Crippen LogP contribution in [0, 0.1) is 6.92 Å². The van der Waals surface area contributed by atoms with Gasteiger partial charge in [0.25, 0.3) is 5.56 Å². The lowest BCUT2D eigenvalue weighted by Crippen LogP contribution is -2.22. The Morgan fingerprint density at radius 1 is 0.960 bits per heavy atom. The van der Waals surface area contributed by atoms with Crippen LogP contribution in [0.4, 0.5) is 5.69 Å². The fraction of sp³-hybridized carbons (Fsp3) is 0.158. The van der Waals surface area contributed by atoms with E-state index in [4.69, 9.17) is 4.74 Å². The molecule has 0 aliphatic carbocycles. The highest BCUT2D eigenvalue weighted by Gasteiger charge is 2.20. The van der Waals surface area contributed by atoms with Crippen LogP contribution in [0.3, 0.4) is 0 Å². The molecular weight excluding hydrogens is 318 g/mol. The monoisotopic (exact) mass is 337 g/mol. The molecule has 6 heteroatoms. The Morgan fingerprint density at radius 3 is 2.12 bits per heavy atom. The van der Waals surface area contributed by atoms with Crippen molar-refractivity contribution in [3.8, 4) is 17.1 Å². The Balaban J connectivity index is 2.28. The fourth-order valence-electron chi connectivity index (χ4n) is 2.76. The summed E-state index contributed by atoms with van der Waals surface area (Å²) in [5.41, 5.74) is 2.13. The highest BCUT2D eigenvalue weighted by molar-refractivity contribution is 5.89. The Bertz CT molecular complexity index is 954. The standard InChI is InChI=1S/C19H19N3O3/c1-13-18(20-14(2)23)19(24)22(15-7-5-4-6-8-15)21(13)16-9-11-17(25-3)12-10-16/h4-12H,1-3H3,(H,20,23). The zero-order valence-corrected chi connectivity index (χ0v) is 14.3. The topological polar surface area (TPSA) is 65.3 Å². The summed E-state index contributed by atoms with van der Waals surface area (Å²) in [5.74, 6) is 0.441. The Kier molecular flexibility index (Phi) is 4.43. The molecule has 25 heavy (non-hydrogen) atoms. The number of benzene rings is 2. The molecule has 0 atom stereocenters. The number of nitrogens with zero attached hydrogens (tertiary/aromatic N) is 2. The molecular formula is C19H19N3O3. The van der Waals surface area contributed by atoms with Crippen molar-refractivity contribution in [2.75, 3.05) is 12.4 Å². The van der Waals surface area contributed by atoms with Crippen LogP contribution in [-0.4, -0.2) is 22.4 Å². The van der Waals surface area contributed by atoms with E-state index in [0.29, 0.717) is 11.4 Å². The Hall–Kier alpha value is -3.28. The van der Waals surface area contributed by atoms with Gasteiger partial charge in [-0.2, -0.15) is 0 Å². The van der Waals surface area contributed by atoms with Gasteiger partial charge in [-0.25, -0.2) is 9.36 Å². The number of aromatic nitrogens is 2. The summed E-state index contributed by atoms with van der Waals surface area (Å²) in [6, 6.07) is 16.7. The molecule has 1 N–H and O–H groups in total. The lowest BCUT2D eigenvalue weighted by atomic mass is 10.3. The van der Waals surface area contributed by atoms with Gasteiger partial charge in [-0.1, -0.05) is 18.2 Å². The number of anilines is 1. The number of carbonyl (C=O) groups excluding carboxylic acids is 1. The minimum atomic E-state index is -0.285. The van der Waals surface area contributed by atoms with Crippen molar-refractivity contribution < 1.29 is 9.53 Å². The molecule has 0 fully saturated rings. The minimum absolute atomic E-state index is 0.271. The van der Waals surface area contributed by atoms with Crippen molar-refractivity contribution in [1.82, 2.24) is 9.36 Å². The van der Waals surface area contributed by atoms with Crippen molar-refractivity contribution in [3.05, 3.63) is 70.6 Å². The summed E-state index contributed by atoms with van der Waals surface area (Å²) in [6.45, 7) is 3.19. The van der Waals surface area contributed by atoms with Crippen molar-refractivity contribution >= 4 is 11.6 Å². The maximum Gasteiger partial charge on any atom is 0.295 e. The van der Waals surface area contributed by atoms with Crippen LogP contribution in [0.15, 0.2) is 59.4 Å². The van der Waals surface area contributed by atoms with E-state index in [9.17, 15) is 9.59 Å². The number of carbonyl (C=O) groups is 1. The van der Waals surface area contributed by atoms with Gasteiger partial charge in [0.15, 0.2) is 0 Å². The zero-order chi connectivity index (χ0) is 18.0. The normalized spacial score (nSPS) is 10.5. The first-order valence-electron chi connectivity index (χ1n) is 7.85. The second kappa shape index (κ2) is 6.68. The van der Waals surface area contributed by atoms with E-state index < -0.39 is 0 Å². The molecule has 0 saturated carbocycles. The van der Waals surface area contributed by atoms with Gasteiger partial charge in [0.05, 0.1) is 24.2 Å². The van der Waals surface area contributed by atoms with Crippen LogP contribution >= 0.6 is 0 Å². The second-order valence-electron chi connectivity index (χ2n) is 5.60. The molecule has 0 spiro atoms. The Labute approximate surface area is 145 Å². The van der Waals surface area contributed by atoms with Gasteiger partial charge < -0.3 is 10.1 Å². The number of methoxy groups -OCH3 is 1. The number of amides is 1. The third-order valence-corrected chi connectivity index (χ3v) is 3.90. The quantitative estimate of drug-likeness (QED) is 0.796. The third kappa shape index (κ3) is 3.06. The molecule has 3 aromatic rings. The van der Waals surface area contributed by atoms with Crippen LogP contribution in [0.25, 0.3) is 11.4 Å². The van der Waals surface area contributed by atoms with Crippen LogP contribution in [-0.2, 0) is 4.79 Å². The molecule has 6 nitrogen and oxygen atoms in total. The fourth-order valence-corrected chi connectivity index (χ4v) is 2.76. The van der Waals surface area contributed by atoms with Crippen molar-refractivity contribution in [2.45, 2.75) is 13.8 Å². The first kappa shape index (κ1) is 16.6. The van der Waals surface area contributed by atoms with Crippen molar-refractivity contribution in [2.24, 2.45) is 0 Å². The van der Waals surface area contributed by atoms with E-state index >= 15 is 0 Å². The number of para-hydroxylation sites is 1. The molecule has 0 radical (unpaired) electrons. The molecule has 0 aliphatic heterocycles. The molecule has 0 unspecified atom stereocenters. The molecule has 0 saturated heterocycles. The first-order valence-corrected chi connectivity index (χ1v) is 7.85. The smallest absolute Gasteiger partial charge is 0.295 e. The van der Waals surface area contributed by atoms with Gasteiger partial charge in [-0.05, 0) is 43.3 Å². The third-order valence-electron chi connectivity index (χ3n) is 3.90. The maximum absolute atomic E-state index is 12.9. The summed E-state index contributed by atoms with van der Waals surface area (Å²) in [5, 5.41) is 2.65. The molecule has 128 valence electrons. The SMILES string of the molecule is COc1ccc(-n2c(C)c(NC(C)=O)c(=O)n2-c2ccccc2)cc1. The van der Waals surface area contributed by atoms with E-state index in [0.717, 1.165) is 11.4 Å². The lowest BCUT2D eigenvalue weighted by Gasteiger charge is -2.14. The maximum atomic E-state index is 12.9. The summed E-state index contributed by atoms with van der Waals surface area (Å²) >= 11 is 0. The van der Waals surface area contributed by atoms with E-state index in [-0.39, 0.29) is 17.2 Å². The van der Waals surface area contributed by atoms with Crippen molar-refractivity contribution in [1.29, 1.82) is 0 Å². The van der Waals surface area contributed by atoms with E-state index in [1.165, 1.54) is 6.92 Å². The highest BCUT2D eigenvalue weighted by atomic mass is 16.5. The molecule has 3 rings (SSSR count). The second-order valence-corrected chi connectivity index (χ2v) is 5.60. The molecule has 0 bridgehead atoms. The van der Waals surface area contributed by atoms with Crippen LogP contribution < -0.4 is 15.6 Å². The lowest BCUT2D eigenvalue weighted by molar-refractivity contribution is -0.114. The molecule has 2 aromatic carbocycles. The summed E-state index contributed by atoms with van der Waals surface area (Å²) in [6.07, 6.45) is 0. The average molecular weight is 337 g/mol. The van der Waals surface area contributed by atoms with E-state index in [1.807, 2.05) is 54.6 Å². The van der Waals surface area contributed by atoms with Gasteiger partial charge in [-0.3, -0.25) is 9.59 Å². The summed E-state index contributed by atoms with van der Waals surface area (Å²) in [4.78, 5) is 24.5. The number of rotatable bonds is 4. The minimum Gasteiger partial charge on any atom is -0.497 e. The Morgan fingerprint density at radius 2 is 1.56 bits per heavy atom. The number of hydrogen-bond donors (Lipinski definition) is 1. The van der Waals surface area contributed by atoms with Crippen LogP contribution in [0.1, 0.15) is 12.6 Å². The number of hydrogen-bond acceptors (Lipinski definition) is 3. The largest absolute Gasteiger partial charge is 0.497 e.